The van der Waals surface area contributed by atoms with Gasteiger partial charge >= 0.3 is 5.97 Å². The topological polar surface area (TPSA) is 52.3 Å². The number of hydrogen-bond donors (Lipinski definition) is 1. The van der Waals surface area contributed by atoms with Gasteiger partial charge in [-0.15, -0.1) is 0 Å². The van der Waals surface area contributed by atoms with Gasteiger partial charge in [0.15, 0.2) is 0 Å². The van der Waals surface area contributed by atoms with Crippen molar-refractivity contribution in [2.45, 2.75) is 6.92 Å². The van der Waals surface area contributed by atoms with Crippen molar-refractivity contribution in [2.75, 3.05) is 12.3 Å². The molecule has 6 heteroatoms. The fourth-order valence-electron chi connectivity index (χ4n) is 0.654. The lowest BCUT2D eigenvalue weighted by Crippen LogP contribution is -2.05. The molecular weight excluding hydrogens is 214 g/mol. The van der Waals surface area contributed by atoms with E-state index < -0.39 is 5.97 Å². The molecule has 0 unspecified atom stereocenters. The van der Waals surface area contributed by atoms with Gasteiger partial charge in [-0.25, -0.2) is 4.79 Å². The van der Waals surface area contributed by atoms with Crippen molar-refractivity contribution >= 4 is 43.9 Å². The van der Waals surface area contributed by atoms with Crippen LogP contribution in [0.5, 0.6) is 0 Å². The molecule has 66 valence electrons. The summed E-state index contributed by atoms with van der Waals surface area (Å²) < 4.78 is 5.29. The van der Waals surface area contributed by atoms with E-state index in [4.69, 9.17) is 22.7 Å². The number of carbonyl (C=O) groups is 1. The quantitative estimate of drug-likeness (QED) is 0.473. The number of nitrogens with two attached hydrogens (primary N) is 1. The van der Waals surface area contributed by atoms with E-state index in [0.717, 1.165) is 0 Å². The molecule has 0 bridgehead atoms. The number of esters is 1. The molecule has 0 saturated carbocycles. The molecule has 0 spiro atoms. The predicted octanol–water partition coefficient (Wildman–Crippen LogP) is 2.30. The summed E-state index contributed by atoms with van der Waals surface area (Å²) in [5.74, 6) is -0.419. The van der Waals surface area contributed by atoms with Crippen LogP contribution < -0.4 is 5.73 Å². The van der Waals surface area contributed by atoms with Gasteiger partial charge in [-0.2, -0.15) is 0 Å². The van der Waals surface area contributed by atoms with Crippen molar-refractivity contribution in [3.05, 3.63) is 9.39 Å². The van der Waals surface area contributed by atoms with Gasteiger partial charge in [0.2, 0.25) is 0 Å². The minimum atomic E-state index is -0.419. The van der Waals surface area contributed by atoms with Crippen molar-refractivity contribution < 1.29 is 9.53 Å². The molecule has 0 fully saturated rings. The zero-order valence-electron chi connectivity index (χ0n) is 6.33. The highest BCUT2D eigenvalue weighted by atomic mass is 32.9. The number of ether oxygens (including phenoxy) is 1. The Labute approximate surface area is 82.2 Å². The zero-order valence-corrected chi connectivity index (χ0v) is 8.78. The third kappa shape index (κ3) is 1.82. The molecule has 0 aliphatic rings. The van der Waals surface area contributed by atoms with Gasteiger partial charge in [-0.05, 0) is 6.92 Å². The summed E-state index contributed by atoms with van der Waals surface area (Å²) in [7, 11) is 2.62. The maximum atomic E-state index is 11.2. The van der Waals surface area contributed by atoms with E-state index >= 15 is 0 Å². The molecule has 1 aromatic rings. The molecule has 0 atom stereocenters. The van der Waals surface area contributed by atoms with E-state index in [2.05, 4.69) is 0 Å². The average molecular weight is 221 g/mol. The second kappa shape index (κ2) is 3.97. The molecule has 0 saturated heterocycles. The Morgan fingerprint density at radius 2 is 2.33 bits per heavy atom. The first-order valence-electron chi connectivity index (χ1n) is 3.22. The standard InChI is InChI=1S/C6H7NO2S3/c1-2-9-5(8)3-4(7)11-12-6(3)10/h2,7H2,1H3. The number of rotatable bonds is 2. The fraction of sp³-hybridized carbons (Fsp3) is 0.333. The van der Waals surface area contributed by atoms with Crippen molar-refractivity contribution in [1.29, 1.82) is 0 Å². The van der Waals surface area contributed by atoms with Crippen LogP contribution in [0.15, 0.2) is 0 Å². The summed E-state index contributed by atoms with van der Waals surface area (Å²) in [6, 6.07) is 0. The summed E-state index contributed by atoms with van der Waals surface area (Å²) in [5.41, 5.74) is 5.88. The minimum absolute atomic E-state index is 0.341. The van der Waals surface area contributed by atoms with Crippen LogP contribution in [-0.4, -0.2) is 12.6 Å². The molecular formula is C6H7NO2S3. The molecule has 1 heterocycles. The Bertz CT molecular complexity index is 341. The lowest BCUT2D eigenvalue weighted by Gasteiger charge is -1.98. The van der Waals surface area contributed by atoms with E-state index in [9.17, 15) is 4.79 Å². The molecule has 0 radical (unpaired) electrons. The first-order valence-corrected chi connectivity index (χ1v) is 5.78. The lowest BCUT2D eigenvalue weighted by molar-refractivity contribution is 0.0528. The summed E-state index contributed by atoms with van der Waals surface area (Å²) in [6.45, 7) is 2.08. The molecule has 0 aliphatic heterocycles. The number of carbonyl (C=O) groups excluding carboxylic acids is 1. The monoisotopic (exact) mass is 221 g/mol. The van der Waals surface area contributed by atoms with E-state index in [1.165, 1.54) is 20.7 Å². The summed E-state index contributed by atoms with van der Waals surface area (Å²) in [4.78, 5) is 11.2. The number of nitrogen functional groups attached to an aromatic ring is 1. The molecule has 1 rings (SSSR count). The van der Waals surface area contributed by atoms with Crippen molar-refractivity contribution in [3.8, 4) is 0 Å². The maximum absolute atomic E-state index is 11.2. The summed E-state index contributed by atoms with van der Waals surface area (Å²) in [5, 5.41) is 0.448. The summed E-state index contributed by atoms with van der Waals surface area (Å²) >= 11 is 4.91. The highest BCUT2D eigenvalue weighted by Gasteiger charge is 2.14. The largest absolute Gasteiger partial charge is 0.462 e. The van der Waals surface area contributed by atoms with E-state index in [0.29, 0.717) is 21.0 Å². The number of hydrogen-bond acceptors (Lipinski definition) is 6. The second-order valence-electron chi connectivity index (χ2n) is 1.91. The Morgan fingerprint density at radius 1 is 1.67 bits per heavy atom. The highest BCUT2D eigenvalue weighted by molar-refractivity contribution is 7.80. The van der Waals surface area contributed by atoms with Crippen LogP contribution in [0.2, 0.25) is 0 Å². The highest BCUT2D eigenvalue weighted by Crippen LogP contribution is 2.27. The third-order valence-electron chi connectivity index (χ3n) is 1.14. The van der Waals surface area contributed by atoms with Gasteiger partial charge in [0.1, 0.15) is 14.4 Å². The predicted molar refractivity (Wildman–Crippen MR) is 53.4 cm³/mol. The average Bonchev–Trinajstić information content (AvgIpc) is 2.32. The first kappa shape index (κ1) is 9.63. The Hall–Kier alpha value is -0.460. The van der Waals surface area contributed by atoms with Crippen LogP contribution in [0.4, 0.5) is 5.00 Å². The molecule has 1 aromatic heterocycles. The van der Waals surface area contributed by atoms with Gasteiger partial charge < -0.3 is 10.5 Å². The Kier molecular flexibility index (Phi) is 3.19. The SMILES string of the molecule is CCOC(=O)c1c(N)ssc1=S. The van der Waals surface area contributed by atoms with Gasteiger partial charge in [-0.3, -0.25) is 0 Å². The molecule has 0 amide bonds. The normalized spacial score (nSPS) is 9.75. The Balaban J connectivity index is 3.01. The third-order valence-corrected chi connectivity index (χ3v) is 4.02. The van der Waals surface area contributed by atoms with Crippen molar-refractivity contribution in [3.63, 3.8) is 0 Å². The van der Waals surface area contributed by atoms with E-state index in [1.807, 2.05) is 0 Å². The second-order valence-corrected chi connectivity index (χ2v) is 4.76. The maximum Gasteiger partial charge on any atom is 0.343 e. The van der Waals surface area contributed by atoms with Gasteiger partial charge in [0.05, 0.1) is 6.61 Å². The van der Waals surface area contributed by atoms with Crippen molar-refractivity contribution in [2.24, 2.45) is 0 Å². The van der Waals surface area contributed by atoms with Crippen LogP contribution >= 0.6 is 32.9 Å². The van der Waals surface area contributed by atoms with E-state index in [-0.39, 0.29) is 0 Å². The van der Waals surface area contributed by atoms with Crippen LogP contribution in [0, 0.1) is 3.82 Å². The van der Waals surface area contributed by atoms with Crippen LogP contribution in [0.3, 0.4) is 0 Å². The Morgan fingerprint density at radius 3 is 2.75 bits per heavy atom. The fourth-order valence-corrected chi connectivity index (χ4v) is 2.99. The minimum Gasteiger partial charge on any atom is -0.462 e. The van der Waals surface area contributed by atoms with Crippen LogP contribution in [-0.2, 0) is 4.74 Å². The molecule has 3 nitrogen and oxygen atoms in total. The summed E-state index contributed by atoms with van der Waals surface area (Å²) in [6.07, 6.45) is 0. The van der Waals surface area contributed by atoms with Crippen molar-refractivity contribution in [1.82, 2.24) is 0 Å². The van der Waals surface area contributed by atoms with Gasteiger partial charge in [0.25, 0.3) is 0 Å². The van der Waals surface area contributed by atoms with Gasteiger partial charge in [0, 0.05) is 0 Å². The van der Waals surface area contributed by atoms with Crippen LogP contribution in [0.25, 0.3) is 0 Å². The zero-order chi connectivity index (χ0) is 9.14. The molecule has 2 N–H and O–H groups in total. The lowest BCUT2D eigenvalue weighted by atomic mass is 10.4. The molecule has 0 aliphatic carbocycles. The first-order chi connectivity index (χ1) is 5.66. The number of anilines is 1. The van der Waals surface area contributed by atoms with Gasteiger partial charge in [-0.1, -0.05) is 32.9 Å². The smallest absolute Gasteiger partial charge is 0.343 e. The molecule has 0 aromatic carbocycles. The van der Waals surface area contributed by atoms with E-state index in [1.54, 1.807) is 6.92 Å². The molecule has 12 heavy (non-hydrogen) atoms. The van der Waals surface area contributed by atoms with Crippen LogP contribution in [0.1, 0.15) is 17.3 Å².